The van der Waals surface area contributed by atoms with Crippen molar-refractivity contribution in [1.29, 1.82) is 0 Å². The first-order valence-corrected chi connectivity index (χ1v) is 10.4. The van der Waals surface area contributed by atoms with Crippen LogP contribution in [-0.4, -0.2) is 33.4 Å². The standard InChI is InChI=1S/C24H28N4O4/c1-30-22-11-10-19(15-23(22)31-2)12-13-25-24(29)27-28-26-21-14-20(16-32-17-21)9-8-18-6-4-3-5-7-18/h3-7,10-11,14-15,17H,8-9,12-13,16H2,1-2H3,(H2,25,26,27,29). The first-order valence-electron chi connectivity index (χ1n) is 10.4. The van der Waals surface area contributed by atoms with Crippen LogP contribution < -0.4 is 20.2 Å². The van der Waals surface area contributed by atoms with Gasteiger partial charge in [-0.1, -0.05) is 41.6 Å². The van der Waals surface area contributed by atoms with Crippen LogP contribution in [0, 0.1) is 0 Å². The quantitative estimate of drug-likeness (QED) is 0.428. The van der Waals surface area contributed by atoms with Gasteiger partial charge in [-0.05, 0) is 54.2 Å². The molecule has 2 aromatic rings. The number of benzene rings is 2. The summed E-state index contributed by atoms with van der Waals surface area (Å²) in [5, 5.41) is 10.5. The van der Waals surface area contributed by atoms with Crippen molar-refractivity contribution in [1.82, 2.24) is 10.7 Å². The molecule has 1 aliphatic heterocycles. The molecule has 0 bridgehead atoms. The number of carbonyl (C=O) groups excluding carboxylic acids is 1. The average molecular weight is 437 g/mol. The first kappa shape index (κ1) is 22.9. The van der Waals surface area contributed by atoms with Crippen molar-refractivity contribution in [2.75, 3.05) is 27.4 Å². The molecule has 0 spiro atoms. The zero-order chi connectivity index (χ0) is 22.6. The van der Waals surface area contributed by atoms with Gasteiger partial charge in [-0.2, -0.15) is 0 Å². The van der Waals surface area contributed by atoms with Crippen molar-refractivity contribution >= 4 is 6.03 Å². The number of methoxy groups -OCH3 is 2. The number of nitrogens with zero attached hydrogens (tertiary/aromatic N) is 2. The third kappa shape index (κ3) is 7.16. The zero-order valence-electron chi connectivity index (χ0n) is 18.3. The van der Waals surface area contributed by atoms with E-state index in [0.717, 1.165) is 24.0 Å². The Labute approximate surface area is 188 Å². The molecule has 0 saturated heterocycles. The predicted molar refractivity (Wildman–Crippen MR) is 122 cm³/mol. The van der Waals surface area contributed by atoms with Crippen LogP contribution in [0.4, 0.5) is 4.79 Å². The highest BCUT2D eigenvalue weighted by Crippen LogP contribution is 2.27. The minimum Gasteiger partial charge on any atom is -0.495 e. The normalized spacial score (nSPS) is 13.1. The van der Waals surface area contributed by atoms with Crippen LogP contribution in [0.25, 0.3) is 0 Å². The maximum absolute atomic E-state index is 11.9. The molecule has 1 heterocycles. The van der Waals surface area contributed by atoms with Crippen molar-refractivity contribution in [3.8, 4) is 11.5 Å². The van der Waals surface area contributed by atoms with Crippen LogP contribution in [0.5, 0.6) is 11.5 Å². The number of nitrogens with one attached hydrogen (secondary N) is 2. The summed E-state index contributed by atoms with van der Waals surface area (Å²) in [6.07, 6.45) is 5.91. The Kier molecular flexibility index (Phi) is 8.68. The third-order valence-electron chi connectivity index (χ3n) is 4.87. The minimum absolute atomic E-state index is 0.431. The summed E-state index contributed by atoms with van der Waals surface area (Å²) in [5.41, 5.74) is 6.35. The van der Waals surface area contributed by atoms with Crippen molar-refractivity contribution in [3.05, 3.63) is 83.3 Å². The lowest BCUT2D eigenvalue weighted by Crippen LogP contribution is -2.33. The Morgan fingerprint density at radius 2 is 1.81 bits per heavy atom. The van der Waals surface area contributed by atoms with Gasteiger partial charge in [0, 0.05) is 6.54 Å². The van der Waals surface area contributed by atoms with E-state index in [4.69, 9.17) is 14.2 Å². The van der Waals surface area contributed by atoms with Gasteiger partial charge in [0.2, 0.25) is 0 Å². The highest BCUT2D eigenvalue weighted by Gasteiger charge is 2.08. The minimum atomic E-state index is -0.431. The fourth-order valence-corrected chi connectivity index (χ4v) is 3.19. The lowest BCUT2D eigenvalue weighted by atomic mass is 10.0. The second-order valence-corrected chi connectivity index (χ2v) is 7.15. The van der Waals surface area contributed by atoms with Gasteiger partial charge in [0.25, 0.3) is 0 Å². The number of hydrogen-bond acceptors (Lipinski definition) is 6. The van der Waals surface area contributed by atoms with E-state index in [0.29, 0.717) is 36.8 Å². The maximum atomic E-state index is 11.9. The summed E-state index contributed by atoms with van der Waals surface area (Å²) in [4.78, 5) is 11.9. The number of rotatable bonds is 10. The number of aryl methyl sites for hydroxylation is 1. The molecule has 0 saturated carbocycles. The Morgan fingerprint density at radius 3 is 2.59 bits per heavy atom. The van der Waals surface area contributed by atoms with Crippen LogP contribution in [-0.2, 0) is 17.6 Å². The molecule has 8 heteroatoms. The van der Waals surface area contributed by atoms with E-state index >= 15 is 0 Å². The number of amides is 2. The highest BCUT2D eigenvalue weighted by molar-refractivity contribution is 5.73. The molecule has 1 aliphatic rings. The molecule has 0 atom stereocenters. The SMILES string of the molecule is COc1ccc(CCNC(=O)NN=NC2=COCC(CCc3ccccc3)=C2)cc1OC. The molecule has 32 heavy (non-hydrogen) atoms. The van der Waals surface area contributed by atoms with Crippen LogP contribution in [0.1, 0.15) is 17.5 Å². The van der Waals surface area contributed by atoms with Gasteiger partial charge in [0.1, 0.15) is 18.6 Å². The van der Waals surface area contributed by atoms with Gasteiger partial charge in [0.05, 0.1) is 14.2 Å². The Bertz CT molecular complexity index is 987. The van der Waals surface area contributed by atoms with E-state index in [1.54, 1.807) is 14.2 Å². The van der Waals surface area contributed by atoms with Crippen molar-refractivity contribution in [2.45, 2.75) is 19.3 Å². The zero-order valence-corrected chi connectivity index (χ0v) is 18.3. The number of ether oxygens (including phenoxy) is 3. The largest absolute Gasteiger partial charge is 0.495 e. The van der Waals surface area contributed by atoms with E-state index in [2.05, 4.69) is 33.2 Å². The fraction of sp³-hybridized carbons (Fsp3) is 0.292. The van der Waals surface area contributed by atoms with E-state index in [1.807, 2.05) is 42.5 Å². The van der Waals surface area contributed by atoms with Crippen LogP contribution >= 0.6 is 0 Å². The molecule has 2 N–H and O–H groups in total. The Hall–Kier alpha value is -3.81. The maximum Gasteiger partial charge on any atom is 0.336 e. The summed E-state index contributed by atoms with van der Waals surface area (Å²) in [7, 11) is 3.18. The van der Waals surface area contributed by atoms with Gasteiger partial charge in [-0.25, -0.2) is 10.2 Å². The molecule has 3 rings (SSSR count). The van der Waals surface area contributed by atoms with Gasteiger partial charge in [-0.3, -0.25) is 0 Å². The second-order valence-electron chi connectivity index (χ2n) is 7.15. The average Bonchev–Trinajstić information content (AvgIpc) is 2.83. The van der Waals surface area contributed by atoms with Crippen LogP contribution in [0.3, 0.4) is 0 Å². The highest BCUT2D eigenvalue weighted by atomic mass is 16.5. The number of allylic oxidation sites excluding steroid dienone is 1. The summed E-state index contributed by atoms with van der Waals surface area (Å²) in [6.45, 7) is 0.974. The molecule has 0 radical (unpaired) electrons. The summed E-state index contributed by atoms with van der Waals surface area (Å²) >= 11 is 0. The number of urea groups is 1. The van der Waals surface area contributed by atoms with Gasteiger partial charge in [0.15, 0.2) is 11.5 Å². The predicted octanol–water partition coefficient (Wildman–Crippen LogP) is 4.34. The summed E-state index contributed by atoms with van der Waals surface area (Å²) in [5.74, 6) is 1.32. The number of carbonyl (C=O) groups is 1. The Balaban J connectivity index is 1.40. The van der Waals surface area contributed by atoms with E-state index in [-0.39, 0.29) is 0 Å². The molecule has 2 amide bonds. The molecular weight excluding hydrogens is 408 g/mol. The van der Waals surface area contributed by atoms with Gasteiger partial charge >= 0.3 is 6.03 Å². The monoisotopic (exact) mass is 436 g/mol. The molecule has 0 aromatic heterocycles. The molecule has 8 nitrogen and oxygen atoms in total. The molecule has 0 aliphatic carbocycles. The van der Waals surface area contributed by atoms with E-state index < -0.39 is 6.03 Å². The summed E-state index contributed by atoms with van der Waals surface area (Å²) in [6, 6.07) is 15.5. The topological polar surface area (TPSA) is 93.5 Å². The Morgan fingerprint density at radius 1 is 1.00 bits per heavy atom. The molecule has 0 fully saturated rings. The lowest BCUT2D eigenvalue weighted by Gasteiger charge is -2.12. The van der Waals surface area contributed by atoms with Crippen molar-refractivity contribution in [2.24, 2.45) is 10.3 Å². The first-order chi connectivity index (χ1) is 15.7. The van der Waals surface area contributed by atoms with E-state index in [1.165, 1.54) is 11.8 Å². The molecule has 0 unspecified atom stereocenters. The molecule has 168 valence electrons. The third-order valence-corrected chi connectivity index (χ3v) is 4.87. The van der Waals surface area contributed by atoms with Crippen molar-refractivity contribution < 1.29 is 19.0 Å². The van der Waals surface area contributed by atoms with Gasteiger partial charge < -0.3 is 19.5 Å². The van der Waals surface area contributed by atoms with E-state index in [9.17, 15) is 4.79 Å². The van der Waals surface area contributed by atoms with Crippen LogP contribution in [0.2, 0.25) is 0 Å². The second kappa shape index (κ2) is 12.1. The fourth-order valence-electron chi connectivity index (χ4n) is 3.19. The van der Waals surface area contributed by atoms with Gasteiger partial charge in [-0.15, -0.1) is 5.11 Å². The van der Waals surface area contributed by atoms with Crippen LogP contribution in [0.15, 0.2) is 82.5 Å². The molecular formula is C24H28N4O4. The summed E-state index contributed by atoms with van der Waals surface area (Å²) < 4.78 is 16.0. The van der Waals surface area contributed by atoms with Crippen molar-refractivity contribution in [3.63, 3.8) is 0 Å². The molecule has 2 aromatic carbocycles. The smallest absolute Gasteiger partial charge is 0.336 e. The lowest BCUT2D eigenvalue weighted by molar-refractivity contribution is 0.240. The number of hydrogen-bond donors (Lipinski definition) is 2.